The Bertz CT molecular complexity index is 1270. The lowest BCUT2D eigenvalue weighted by atomic mass is 10.1. The molecule has 0 atom stereocenters. The van der Waals surface area contributed by atoms with Crippen LogP contribution in [0.5, 0.6) is 0 Å². The lowest BCUT2D eigenvalue weighted by Gasteiger charge is -2.15. The van der Waals surface area contributed by atoms with Crippen molar-refractivity contribution in [3.63, 3.8) is 0 Å². The third-order valence-corrected chi connectivity index (χ3v) is 7.91. The molecule has 1 saturated heterocycles. The number of hydrogen-bond donors (Lipinski definition) is 0. The molecule has 7 nitrogen and oxygen atoms in total. The largest absolute Gasteiger partial charge is 0.312 e. The van der Waals surface area contributed by atoms with Gasteiger partial charge in [0.1, 0.15) is 9.90 Å². The van der Waals surface area contributed by atoms with Crippen LogP contribution in [0, 0.1) is 0 Å². The third kappa shape index (κ3) is 3.01. The van der Waals surface area contributed by atoms with Crippen LogP contribution in [0.1, 0.15) is 28.2 Å². The standard InChI is InChI=1S/C21H17N3O4S2/c25-20-6-3-11-23(20)15-9-7-14(8-10-15)17-13-29-19(22-17)12-24-21(26)16-4-1-2-5-18(16)30(24,27)28/h1-2,4-5,7-10,13H,3,6,11-12H2. The lowest BCUT2D eigenvalue weighted by Crippen LogP contribution is -2.29. The smallest absolute Gasteiger partial charge is 0.269 e. The quantitative estimate of drug-likeness (QED) is 0.623. The maximum atomic E-state index is 12.7. The molecule has 3 heterocycles. The number of amides is 2. The third-order valence-electron chi connectivity index (χ3n) is 5.29. The molecule has 1 fully saturated rings. The van der Waals surface area contributed by atoms with Gasteiger partial charge >= 0.3 is 0 Å². The molecule has 2 aliphatic heterocycles. The van der Waals surface area contributed by atoms with E-state index in [1.807, 2.05) is 29.6 Å². The molecule has 30 heavy (non-hydrogen) atoms. The first-order valence-corrected chi connectivity index (χ1v) is 11.8. The van der Waals surface area contributed by atoms with Crippen molar-refractivity contribution in [1.82, 2.24) is 9.29 Å². The van der Waals surface area contributed by atoms with E-state index in [9.17, 15) is 18.0 Å². The summed E-state index contributed by atoms with van der Waals surface area (Å²) in [6, 6.07) is 13.8. The average Bonchev–Trinajstić information content (AvgIpc) is 3.44. The van der Waals surface area contributed by atoms with E-state index in [0.29, 0.717) is 17.1 Å². The Morgan fingerprint density at radius 2 is 1.80 bits per heavy atom. The molecular formula is C21H17N3O4S2. The summed E-state index contributed by atoms with van der Waals surface area (Å²) in [6.45, 7) is 0.640. The summed E-state index contributed by atoms with van der Waals surface area (Å²) in [5.41, 5.74) is 2.63. The van der Waals surface area contributed by atoms with Crippen LogP contribution < -0.4 is 4.90 Å². The summed E-state index contributed by atoms with van der Waals surface area (Å²) in [7, 11) is -3.86. The summed E-state index contributed by atoms with van der Waals surface area (Å²) in [6.07, 6.45) is 1.46. The molecule has 152 valence electrons. The Labute approximate surface area is 177 Å². The van der Waals surface area contributed by atoms with E-state index in [-0.39, 0.29) is 22.9 Å². The van der Waals surface area contributed by atoms with Crippen LogP contribution >= 0.6 is 11.3 Å². The van der Waals surface area contributed by atoms with Gasteiger partial charge < -0.3 is 4.90 Å². The number of benzene rings is 2. The molecule has 0 radical (unpaired) electrons. The number of rotatable bonds is 4. The predicted octanol–water partition coefficient (Wildman–Crippen LogP) is 3.28. The van der Waals surface area contributed by atoms with Crippen LogP contribution in [-0.2, 0) is 21.4 Å². The van der Waals surface area contributed by atoms with E-state index >= 15 is 0 Å². The molecule has 0 spiro atoms. The van der Waals surface area contributed by atoms with Crippen LogP contribution in [0.4, 0.5) is 5.69 Å². The van der Waals surface area contributed by atoms with Gasteiger partial charge in [0, 0.05) is 29.6 Å². The zero-order chi connectivity index (χ0) is 20.9. The first-order chi connectivity index (χ1) is 14.4. The van der Waals surface area contributed by atoms with E-state index in [2.05, 4.69) is 4.98 Å². The van der Waals surface area contributed by atoms with Crippen LogP contribution in [0.3, 0.4) is 0 Å². The molecule has 2 amide bonds. The van der Waals surface area contributed by atoms with E-state index in [1.54, 1.807) is 17.0 Å². The summed E-state index contributed by atoms with van der Waals surface area (Å²) < 4.78 is 26.3. The van der Waals surface area contributed by atoms with Crippen LogP contribution in [-0.4, -0.2) is 36.1 Å². The van der Waals surface area contributed by atoms with Crippen LogP contribution in [0.15, 0.2) is 58.8 Å². The maximum Gasteiger partial charge on any atom is 0.269 e. The van der Waals surface area contributed by atoms with Gasteiger partial charge in [-0.05, 0) is 30.7 Å². The summed E-state index contributed by atoms with van der Waals surface area (Å²) in [4.78, 5) is 30.8. The second-order valence-corrected chi connectivity index (χ2v) is 9.91. The number of carbonyl (C=O) groups excluding carboxylic acids is 2. The Kier molecular flexibility index (Phi) is 4.44. The van der Waals surface area contributed by atoms with Gasteiger partial charge in [-0.25, -0.2) is 17.7 Å². The number of thiazole rings is 1. The monoisotopic (exact) mass is 439 g/mol. The molecule has 0 N–H and O–H groups in total. The number of anilines is 1. The minimum atomic E-state index is -3.86. The topological polar surface area (TPSA) is 87.7 Å². The highest BCUT2D eigenvalue weighted by Crippen LogP contribution is 2.33. The van der Waals surface area contributed by atoms with E-state index in [4.69, 9.17) is 0 Å². The Balaban J connectivity index is 1.37. The van der Waals surface area contributed by atoms with Crippen LogP contribution in [0.25, 0.3) is 11.3 Å². The molecular weight excluding hydrogens is 422 g/mol. The number of aromatic nitrogens is 1. The van der Waals surface area contributed by atoms with Gasteiger partial charge in [0.25, 0.3) is 15.9 Å². The molecule has 0 unspecified atom stereocenters. The fraction of sp³-hybridized carbons (Fsp3) is 0.190. The van der Waals surface area contributed by atoms with Gasteiger partial charge in [0.05, 0.1) is 17.8 Å². The minimum absolute atomic E-state index is 0.0406. The average molecular weight is 440 g/mol. The van der Waals surface area contributed by atoms with Gasteiger partial charge in [-0.2, -0.15) is 0 Å². The van der Waals surface area contributed by atoms with Crippen molar-refractivity contribution in [3.05, 3.63) is 64.5 Å². The van der Waals surface area contributed by atoms with Crippen molar-refractivity contribution in [2.24, 2.45) is 0 Å². The molecule has 0 saturated carbocycles. The Morgan fingerprint density at radius 1 is 1.03 bits per heavy atom. The van der Waals surface area contributed by atoms with E-state index in [1.165, 1.54) is 23.5 Å². The molecule has 0 bridgehead atoms. The van der Waals surface area contributed by atoms with Crippen molar-refractivity contribution >= 4 is 38.9 Å². The summed E-state index contributed by atoms with van der Waals surface area (Å²) >= 11 is 1.31. The zero-order valence-electron chi connectivity index (χ0n) is 15.8. The van der Waals surface area contributed by atoms with Crippen molar-refractivity contribution in [2.75, 3.05) is 11.4 Å². The zero-order valence-corrected chi connectivity index (χ0v) is 17.4. The number of sulfonamides is 1. The highest BCUT2D eigenvalue weighted by Gasteiger charge is 2.41. The molecule has 1 aromatic heterocycles. The van der Waals surface area contributed by atoms with Gasteiger partial charge in [0.15, 0.2) is 0 Å². The van der Waals surface area contributed by atoms with Gasteiger partial charge in [-0.3, -0.25) is 9.59 Å². The maximum absolute atomic E-state index is 12.7. The first-order valence-electron chi connectivity index (χ1n) is 9.46. The highest BCUT2D eigenvalue weighted by molar-refractivity contribution is 7.90. The molecule has 2 aliphatic rings. The molecule has 2 aromatic carbocycles. The highest BCUT2D eigenvalue weighted by atomic mass is 32.2. The first kappa shape index (κ1) is 19.0. The second kappa shape index (κ2) is 7.03. The van der Waals surface area contributed by atoms with Crippen molar-refractivity contribution < 1.29 is 18.0 Å². The number of fused-ring (bicyclic) bond motifs is 1. The number of nitrogens with zero attached hydrogens (tertiary/aromatic N) is 3. The fourth-order valence-corrected chi connectivity index (χ4v) is 6.16. The van der Waals surface area contributed by atoms with Crippen LogP contribution in [0.2, 0.25) is 0 Å². The second-order valence-electron chi connectivity index (χ2n) is 7.14. The number of hydrogen-bond acceptors (Lipinski definition) is 6. The van der Waals surface area contributed by atoms with Crippen molar-refractivity contribution in [3.8, 4) is 11.3 Å². The Hall–Kier alpha value is -3.04. The summed E-state index contributed by atoms with van der Waals surface area (Å²) in [5, 5.41) is 2.37. The van der Waals surface area contributed by atoms with Crippen molar-refractivity contribution in [2.45, 2.75) is 24.3 Å². The van der Waals surface area contributed by atoms with E-state index < -0.39 is 15.9 Å². The molecule has 0 aliphatic carbocycles. The van der Waals surface area contributed by atoms with Gasteiger partial charge in [-0.1, -0.05) is 24.3 Å². The summed E-state index contributed by atoms with van der Waals surface area (Å²) in [5.74, 6) is -0.391. The minimum Gasteiger partial charge on any atom is -0.312 e. The predicted molar refractivity (Wildman–Crippen MR) is 113 cm³/mol. The SMILES string of the molecule is O=C1CCCN1c1ccc(-c2csc(CN3C(=O)c4ccccc4S3(=O)=O)n2)cc1. The molecule has 9 heteroatoms. The van der Waals surface area contributed by atoms with Crippen molar-refractivity contribution in [1.29, 1.82) is 0 Å². The fourth-order valence-electron chi connectivity index (χ4n) is 3.76. The number of carbonyl (C=O) groups is 2. The lowest BCUT2D eigenvalue weighted by molar-refractivity contribution is -0.117. The van der Waals surface area contributed by atoms with Gasteiger partial charge in [0.2, 0.25) is 5.91 Å². The molecule has 5 rings (SSSR count). The normalized spacial score (nSPS) is 17.6. The Morgan fingerprint density at radius 3 is 2.50 bits per heavy atom. The molecule has 3 aromatic rings. The van der Waals surface area contributed by atoms with Gasteiger partial charge in [-0.15, -0.1) is 11.3 Å². The van der Waals surface area contributed by atoms with E-state index in [0.717, 1.165) is 28.5 Å².